The number of non-ortho nitro benzene ring substituents is 2. The molecule has 0 aliphatic carbocycles. The van der Waals surface area contributed by atoms with Gasteiger partial charge >= 0.3 is 0 Å². The van der Waals surface area contributed by atoms with Crippen molar-refractivity contribution in [3.8, 4) is 0 Å². The summed E-state index contributed by atoms with van der Waals surface area (Å²) in [6.45, 7) is 2.20. The second-order valence-corrected chi connectivity index (χ2v) is 4.27. The molecular formula is C15H16N2O4. The smallest absolute Gasteiger partial charge is 0.258 e. The number of benzene rings is 2. The maximum atomic E-state index is 10.2. The highest BCUT2D eigenvalue weighted by Gasteiger charge is 2.11. The third kappa shape index (κ3) is 5.82. The zero-order valence-electron chi connectivity index (χ0n) is 11.6. The molecule has 0 aliphatic rings. The third-order valence-electron chi connectivity index (χ3n) is 2.63. The quantitative estimate of drug-likeness (QED) is 0.624. The van der Waals surface area contributed by atoms with Gasteiger partial charge in [0.2, 0.25) is 0 Å². The van der Waals surface area contributed by atoms with Gasteiger partial charge in [-0.2, -0.15) is 0 Å². The van der Waals surface area contributed by atoms with Crippen molar-refractivity contribution in [1.82, 2.24) is 0 Å². The molecule has 0 fully saturated rings. The van der Waals surface area contributed by atoms with Crippen molar-refractivity contribution < 1.29 is 9.85 Å². The van der Waals surface area contributed by atoms with Crippen molar-refractivity contribution in [3.63, 3.8) is 0 Å². The van der Waals surface area contributed by atoms with E-state index in [2.05, 4.69) is 37.3 Å². The van der Waals surface area contributed by atoms with Gasteiger partial charge in [0.15, 0.2) is 0 Å². The first-order chi connectivity index (χ1) is 10.0. The lowest BCUT2D eigenvalue weighted by Gasteiger charge is -1.93. The fraction of sp³-hybridized carbons (Fsp3) is 0.200. The highest BCUT2D eigenvalue weighted by atomic mass is 16.6. The molecule has 0 atom stereocenters. The van der Waals surface area contributed by atoms with Gasteiger partial charge in [0.05, 0.1) is 15.9 Å². The number of nitrogens with zero attached hydrogens (tertiary/aromatic N) is 2. The first kappa shape index (κ1) is 16.3. The highest BCUT2D eigenvalue weighted by Crippen LogP contribution is 2.18. The molecule has 0 N–H and O–H groups in total. The lowest BCUT2D eigenvalue weighted by molar-refractivity contribution is -0.394. The Morgan fingerprint density at radius 1 is 0.857 bits per heavy atom. The molecule has 0 amide bonds. The molecular weight excluding hydrogens is 272 g/mol. The van der Waals surface area contributed by atoms with E-state index in [-0.39, 0.29) is 11.4 Å². The predicted molar refractivity (Wildman–Crippen MR) is 80.2 cm³/mol. The van der Waals surface area contributed by atoms with Gasteiger partial charge in [-0.1, -0.05) is 43.7 Å². The van der Waals surface area contributed by atoms with E-state index in [1.807, 2.05) is 0 Å². The molecule has 0 saturated heterocycles. The summed E-state index contributed by atoms with van der Waals surface area (Å²) in [5.41, 5.74) is 0.897. The molecule has 110 valence electrons. The maximum Gasteiger partial charge on any atom is 0.276 e. The average molecular weight is 288 g/mol. The molecule has 0 aliphatic heterocycles. The number of aryl methyl sites for hydroxylation is 1. The molecule has 2 aromatic rings. The van der Waals surface area contributed by atoms with Gasteiger partial charge in [0, 0.05) is 12.1 Å². The van der Waals surface area contributed by atoms with Crippen LogP contribution in [0.4, 0.5) is 11.4 Å². The Labute approximate surface area is 122 Å². The van der Waals surface area contributed by atoms with Crippen LogP contribution in [0.5, 0.6) is 0 Å². The molecule has 2 aromatic carbocycles. The third-order valence-corrected chi connectivity index (χ3v) is 2.63. The van der Waals surface area contributed by atoms with Crippen molar-refractivity contribution in [2.45, 2.75) is 19.8 Å². The van der Waals surface area contributed by atoms with Crippen LogP contribution < -0.4 is 0 Å². The van der Waals surface area contributed by atoms with Crippen molar-refractivity contribution >= 4 is 11.4 Å². The molecule has 0 heterocycles. The van der Waals surface area contributed by atoms with Gasteiger partial charge < -0.3 is 0 Å². The van der Waals surface area contributed by atoms with Crippen LogP contribution in [0.3, 0.4) is 0 Å². The highest BCUT2D eigenvalue weighted by molar-refractivity contribution is 5.42. The van der Waals surface area contributed by atoms with Crippen LogP contribution >= 0.6 is 0 Å². The summed E-state index contributed by atoms with van der Waals surface area (Å²) in [6.07, 6.45) is 2.45. The monoisotopic (exact) mass is 288 g/mol. The molecule has 21 heavy (non-hydrogen) atoms. The van der Waals surface area contributed by atoms with Gasteiger partial charge in [-0.25, -0.2) is 0 Å². The normalized spacial score (nSPS) is 9.38. The Morgan fingerprint density at radius 3 is 1.81 bits per heavy atom. The van der Waals surface area contributed by atoms with Crippen LogP contribution in [0.2, 0.25) is 0 Å². The van der Waals surface area contributed by atoms with E-state index >= 15 is 0 Å². The summed E-state index contributed by atoms with van der Waals surface area (Å²) >= 11 is 0. The number of rotatable bonds is 4. The Morgan fingerprint density at radius 2 is 1.38 bits per heavy atom. The van der Waals surface area contributed by atoms with E-state index in [0.717, 1.165) is 6.07 Å². The predicted octanol–water partition coefficient (Wildman–Crippen LogP) is 4.14. The van der Waals surface area contributed by atoms with Crippen LogP contribution in [-0.4, -0.2) is 9.85 Å². The summed E-state index contributed by atoms with van der Waals surface area (Å²) in [6, 6.07) is 15.2. The summed E-state index contributed by atoms with van der Waals surface area (Å²) in [7, 11) is 0. The van der Waals surface area contributed by atoms with Crippen molar-refractivity contribution in [2.24, 2.45) is 0 Å². The lowest BCUT2D eigenvalue weighted by atomic mass is 10.1. The molecule has 6 heteroatoms. The molecule has 0 spiro atoms. The molecule has 6 nitrogen and oxygen atoms in total. The molecule has 0 radical (unpaired) electrons. The second-order valence-electron chi connectivity index (χ2n) is 4.27. The summed E-state index contributed by atoms with van der Waals surface area (Å²) in [5, 5.41) is 20.3. The van der Waals surface area contributed by atoms with E-state index < -0.39 is 9.85 Å². The van der Waals surface area contributed by atoms with E-state index in [9.17, 15) is 20.2 Å². The van der Waals surface area contributed by atoms with E-state index in [1.165, 1.54) is 36.6 Å². The zero-order chi connectivity index (χ0) is 15.7. The fourth-order valence-corrected chi connectivity index (χ4v) is 1.65. The molecule has 2 rings (SSSR count). The van der Waals surface area contributed by atoms with Crippen LogP contribution in [0.15, 0.2) is 54.6 Å². The summed E-state index contributed by atoms with van der Waals surface area (Å²) in [4.78, 5) is 19.0. The summed E-state index contributed by atoms with van der Waals surface area (Å²) in [5.74, 6) is 0. The van der Waals surface area contributed by atoms with Crippen LogP contribution in [0, 0.1) is 20.2 Å². The largest absolute Gasteiger partial charge is 0.276 e. The van der Waals surface area contributed by atoms with Gasteiger partial charge in [-0.15, -0.1) is 0 Å². The van der Waals surface area contributed by atoms with Gasteiger partial charge in [0.25, 0.3) is 11.4 Å². The molecule has 0 bridgehead atoms. The summed E-state index contributed by atoms with van der Waals surface area (Å²) < 4.78 is 0. The molecule has 0 unspecified atom stereocenters. The number of hydrogen-bond acceptors (Lipinski definition) is 4. The Kier molecular flexibility index (Phi) is 6.53. The Bertz CT molecular complexity index is 570. The van der Waals surface area contributed by atoms with Gasteiger partial charge in [-0.05, 0) is 18.1 Å². The van der Waals surface area contributed by atoms with Crippen molar-refractivity contribution in [3.05, 3.63) is 80.4 Å². The zero-order valence-corrected chi connectivity index (χ0v) is 11.6. The minimum atomic E-state index is -0.674. The Hall–Kier alpha value is -2.76. The standard InChI is InChI=1S/C9H12.C6H4N2O4/c1-2-6-9-7-4-3-5-8-9;9-7(10)5-2-1-3-6(4-5)8(11)12/h3-5,7-8H,2,6H2,1H3;1-4H. The number of hydrogen-bond donors (Lipinski definition) is 0. The van der Waals surface area contributed by atoms with E-state index in [1.54, 1.807) is 0 Å². The van der Waals surface area contributed by atoms with Crippen LogP contribution in [0.1, 0.15) is 18.9 Å². The van der Waals surface area contributed by atoms with Crippen molar-refractivity contribution in [1.29, 1.82) is 0 Å². The first-order valence-corrected chi connectivity index (χ1v) is 6.47. The Balaban J connectivity index is 0.000000219. The first-order valence-electron chi connectivity index (χ1n) is 6.47. The lowest BCUT2D eigenvalue weighted by Crippen LogP contribution is -1.91. The van der Waals surface area contributed by atoms with E-state index in [0.29, 0.717) is 0 Å². The average Bonchev–Trinajstić information content (AvgIpc) is 2.49. The minimum Gasteiger partial charge on any atom is -0.258 e. The van der Waals surface area contributed by atoms with Gasteiger partial charge in [-0.3, -0.25) is 20.2 Å². The van der Waals surface area contributed by atoms with Crippen LogP contribution in [-0.2, 0) is 6.42 Å². The SMILES string of the molecule is CCCc1ccccc1.O=[N+]([O-])c1cccc([N+](=O)[O-])c1. The second kappa shape index (κ2) is 8.42. The van der Waals surface area contributed by atoms with E-state index in [4.69, 9.17) is 0 Å². The topological polar surface area (TPSA) is 86.3 Å². The number of nitro benzene ring substituents is 2. The molecule has 0 aromatic heterocycles. The minimum absolute atomic E-state index is 0.274. The number of nitro groups is 2. The fourth-order valence-electron chi connectivity index (χ4n) is 1.65. The van der Waals surface area contributed by atoms with Crippen LogP contribution in [0.25, 0.3) is 0 Å². The molecule has 0 saturated carbocycles. The van der Waals surface area contributed by atoms with Gasteiger partial charge in [0.1, 0.15) is 0 Å². The maximum absolute atomic E-state index is 10.2. The van der Waals surface area contributed by atoms with Crippen molar-refractivity contribution in [2.75, 3.05) is 0 Å².